The van der Waals surface area contributed by atoms with Gasteiger partial charge >= 0.3 is 0 Å². The van der Waals surface area contributed by atoms with Crippen molar-refractivity contribution in [3.63, 3.8) is 0 Å². The van der Waals surface area contributed by atoms with E-state index in [2.05, 4.69) is 29.1 Å². The Morgan fingerprint density at radius 2 is 1.79 bits per heavy atom. The fourth-order valence-electron chi connectivity index (χ4n) is 7.95. The maximum atomic E-state index is 14.9. The van der Waals surface area contributed by atoms with Crippen LogP contribution in [0.3, 0.4) is 0 Å². The molecule has 42 heavy (non-hydrogen) atoms. The first-order valence-corrected chi connectivity index (χ1v) is 17.1. The quantitative estimate of drug-likeness (QED) is 0.267. The van der Waals surface area contributed by atoms with Gasteiger partial charge in [0.25, 0.3) is 0 Å². The third kappa shape index (κ3) is 5.17. The van der Waals surface area contributed by atoms with Crippen LogP contribution in [0.4, 0.5) is 5.69 Å². The van der Waals surface area contributed by atoms with Crippen LogP contribution >= 0.6 is 27.7 Å². The fraction of sp³-hybridized carbons (Fsp3) is 0.606. The van der Waals surface area contributed by atoms with Crippen molar-refractivity contribution in [2.24, 2.45) is 17.8 Å². The lowest BCUT2D eigenvalue weighted by molar-refractivity contribution is -0.148. The molecule has 9 heteroatoms. The first-order chi connectivity index (χ1) is 20.2. The molecule has 4 aliphatic rings. The number of nitrogens with zero attached hydrogens (tertiary/aromatic N) is 3. The average Bonchev–Trinajstić information content (AvgIpc) is 3.58. The molecular weight excluding hydrogens is 614 g/mol. The smallest absolute Gasteiger partial charge is 0.247 e. The minimum Gasteiger partial charge on any atom is -0.394 e. The Kier molecular flexibility index (Phi) is 9.60. The fourth-order valence-corrected chi connectivity index (χ4v) is 11.5. The van der Waals surface area contributed by atoms with Gasteiger partial charge in [-0.15, -0.1) is 24.9 Å². The predicted molar refractivity (Wildman–Crippen MR) is 173 cm³/mol. The van der Waals surface area contributed by atoms with Gasteiger partial charge in [-0.1, -0.05) is 79.4 Å². The van der Waals surface area contributed by atoms with Crippen molar-refractivity contribution < 1.29 is 19.5 Å². The molecule has 4 fully saturated rings. The van der Waals surface area contributed by atoms with Gasteiger partial charge in [-0.25, -0.2) is 0 Å². The zero-order valence-corrected chi connectivity index (χ0v) is 27.1. The Balaban J connectivity index is 1.60. The first kappa shape index (κ1) is 31.3. The Morgan fingerprint density at radius 3 is 2.38 bits per heavy atom. The first-order valence-electron chi connectivity index (χ1n) is 15.3. The van der Waals surface area contributed by atoms with Crippen LogP contribution in [0, 0.1) is 17.8 Å². The number of halogens is 1. The highest BCUT2D eigenvalue weighted by Gasteiger charge is 2.76. The van der Waals surface area contributed by atoms with Crippen LogP contribution in [-0.4, -0.2) is 85.3 Å². The Labute approximate surface area is 262 Å². The number of amides is 3. The number of fused-ring (bicyclic) bond motifs is 1. The SMILES string of the molecule is C=CCN(C(=O)[C@H]1[C@H]2C(=O)N([C@@H](CO)C(C)C)C(C(=O)N(CC=C)C3CCCCC3)C23CC(Br)[C@@H]1S3)c1ccccc1. The van der Waals surface area contributed by atoms with Crippen molar-refractivity contribution in [3.8, 4) is 0 Å². The number of carbonyl (C=O) groups is 3. The van der Waals surface area contributed by atoms with E-state index in [-0.39, 0.29) is 46.4 Å². The lowest BCUT2D eigenvalue weighted by Gasteiger charge is -2.43. The molecular formula is C33H44BrN3O4S. The number of para-hydroxylation sites is 1. The number of likely N-dealkylation sites (tertiary alicyclic amines) is 1. The third-order valence-electron chi connectivity index (χ3n) is 9.83. The maximum Gasteiger partial charge on any atom is 0.247 e. The number of thioether (sulfide) groups is 1. The summed E-state index contributed by atoms with van der Waals surface area (Å²) in [5.74, 6) is -1.67. The molecule has 1 aliphatic carbocycles. The number of benzene rings is 1. The average molecular weight is 659 g/mol. The standard InChI is InChI=1S/C33H44BrN3O4S/c1-5-17-35(22-13-9-7-10-14-22)30(39)26-27-31(40)37(25(20-38)21(3)4)29(33(27)19-24(34)28(26)42-33)32(41)36(18-6-2)23-15-11-8-12-16-23/h5-7,9-10,13-14,21,23-29,38H,1-2,8,11-12,15-20H2,3-4H3/t24?,25-,26-,27-,28-,29?,33?/m0/s1. The summed E-state index contributed by atoms with van der Waals surface area (Å²) >= 11 is 5.54. The zero-order valence-electron chi connectivity index (χ0n) is 24.7. The number of hydrogen-bond donors (Lipinski definition) is 1. The highest BCUT2D eigenvalue weighted by molar-refractivity contribution is 9.09. The largest absolute Gasteiger partial charge is 0.394 e. The van der Waals surface area contributed by atoms with Crippen molar-refractivity contribution in [3.05, 3.63) is 55.6 Å². The molecule has 1 aromatic carbocycles. The van der Waals surface area contributed by atoms with E-state index in [9.17, 15) is 19.5 Å². The van der Waals surface area contributed by atoms with E-state index in [0.29, 0.717) is 19.5 Å². The minimum absolute atomic E-state index is 0.0220. The summed E-state index contributed by atoms with van der Waals surface area (Å²) in [5, 5.41) is 10.4. The molecule has 1 N–H and O–H groups in total. The second-order valence-electron chi connectivity index (χ2n) is 12.5. The normalized spacial score (nSPS) is 31.2. The summed E-state index contributed by atoms with van der Waals surface area (Å²) in [7, 11) is 0. The molecule has 1 saturated carbocycles. The molecule has 2 bridgehead atoms. The molecule has 1 aromatic rings. The summed E-state index contributed by atoms with van der Waals surface area (Å²) in [6.45, 7) is 12.3. The molecule has 228 valence electrons. The number of alkyl halides is 1. The van der Waals surface area contributed by atoms with E-state index in [4.69, 9.17) is 0 Å². The molecule has 1 spiro atoms. The van der Waals surface area contributed by atoms with Gasteiger partial charge in [-0.3, -0.25) is 14.4 Å². The van der Waals surface area contributed by atoms with E-state index in [1.807, 2.05) is 49.1 Å². The highest BCUT2D eigenvalue weighted by Crippen LogP contribution is 2.68. The van der Waals surface area contributed by atoms with Gasteiger partial charge in [0.15, 0.2) is 0 Å². The van der Waals surface area contributed by atoms with E-state index < -0.39 is 28.7 Å². The molecule has 0 radical (unpaired) electrons. The molecule has 3 unspecified atom stereocenters. The molecule has 7 nitrogen and oxygen atoms in total. The highest BCUT2D eigenvalue weighted by atomic mass is 79.9. The monoisotopic (exact) mass is 657 g/mol. The van der Waals surface area contributed by atoms with Crippen LogP contribution in [0.2, 0.25) is 0 Å². The van der Waals surface area contributed by atoms with Crippen LogP contribution in [0.15, 0.2) is 55.6 Å². The van der Waals surface area contributed by atoms with E-state index >= 15 is 0 Å². The van der Waals surface area contributed by atoms with Gasteiger partial charge in [0.05, 0.1) is 29.2 Å². The summed E-state index contributed by atoms with van der Waals surface area (Å²) < 4.78 is -0.764. The topological polar surface area (TPSA) is 81.2 Å². The van der Waals surface area contributed by atoms with Crippen molar-refractivity contribution in [2.45, 2.75) is 85.3 Å². The van der Waals surface area contributed by atoms with Crippen molar-refractivity contribution in [1.29, 1.82) is 0 Å². The van der Waals surface area contributed by atoms with Crippen LogP contribution in [-0.2, 0) is 14.4 Å². The van der Waals surface area contributed by atoms with E-state index in [0.717, 1.165) is 31.4 Å². The van der Waals surface area contributed by atoms with Gasteiger partial charge in [0.1, 0.15) is 6.04 Å². The molecule has 7 atom stereocenters. The van der Waals surface area contributed by atoms with Gasteiger partial charge < -0.3 is 19.8 Å². The van der Waals surface area contributed by atoms with Crippen molar-refractivity contribution in [1.82, 2.24) is 9.80 Å². The zero-order chi connectivity index (χ0) is 30.2. The lowest BCUT2D eigenvalue weighted by Crippen LogP contribution is -2.60. The van der Waals surface area contributed by atoms with Crippen LogP contribution in [0.25, 0.3) is 0 Å². The Hall–Kier alpha value is -2.10. The van der Waals surface area contributed by atoms with Crippen molar-refractivity contribution in [2.75, 3.05) is 24.6 Å². The Morgan fingerprint density at radius 1 is 1.12 bits per heavy atom. The minimum atomic E-state index is -0.764. The molecule has 5 rings (SSSR count). The Bertz CT molecular complexity index is 1190. The van der Waals surface area contributed by atoms with Crippen molar-refractivity contribution >= 4 is 51.1 Å². The molecule has 3 saturated heterocycles. The van der Waals surface area contributed by atoms with Crippen LogP contribution in [0.5, 0.6) is 0 Å². The molecule has 0 aromatic heterocycles. The molecule has 3 heterocycles. The third-order valence-corrected chi connectivity index (χ3v) is 13.0. The summed E-state index contributed by atoms with van der Waals surface area (Å²) in [4.78, 5) is 49.4. The van der Waals surface area contributed by atoms with Gasteiger partial charge in [0, 0.05) is 34.9 Å². The lowest BCUT2D eigenvalue weighted by atomic mass is 9.70. The second kappa shape index (κ2) is 12.9. The molecule has 3 aliphatic heterocycles. The number of aliphatic hydroxyl groups excluding tert-OH is 1. The second-order valence-corrected chi connectivity index (χ2v) is 15.3. The summed E-state index contributed by atoms with van der Waals surface area (Å²) in [5.41, 5.74) is 0.759. The summed E-state index contributed by atoms with van der Waals surface area (Å²) in [6, 6.07) is 8.33. The van der Waals surface area contributed by atoms with Crippen LogP contribution in [0.1, 0.15) is 52.4 Å². The summed E-state index contributed by atoms with van der Waals surface area (Å²) in [6.07, 6.45) is 9.31. The van der Waals surface area contributed by atoms with E-state index in [1.54, 1.807) is 33.7 Å². The van der Waals surface area contributed by atoms with Crippen LogP contribution < -0.4 is 4.90 Å². The van der Waals surface area contributed by atoms with E-state index in [1.165, 1.54) is 6.42 Å². The predicted octanol–water partition coefficient (Wildman–Crippen LogP) is 5.03. The van der Waals surface area contributed by atoms with Gasteiger partial charge in [-0.2, -0.15) is 0 Å². The number of carbonyl (C=O) groups excluding carboxylic acids is 3. The molecule has 3 amide bonds. The number of aliphatic hydroxyl groups is 1. The maximum absolute atomic E-state index is 14.9. The number of rotatable bonds is 11. The van der Waals surface area contributed by atoms with Gasteiger partial charge in [-0.05, 0) is 37.3 Å². The number of anilines is 1. The number of hydrogen-bond acceptors (Lipinski definition) is 5. The van der Waals surface area contributed by atoms with Gasteiger partial charge in [0.2, 0.25) is 17.7 Å².